The minimum atomic E-state index is 0.172. The van der Waals surface area contributed by atoms with Crippen LogP contribution < -0.4 is 4.74 Å². The summed E-state index contributed by atoms with van der Waals surface area (Å²) in [4.78, 5) is 13.8. The maximum Gasteiger partial charge on any atom is 0.226 e. The van der Waals surface area contributed by atoms with Gasteiger partial charge in [0.15, 0.2) is 0 Å². The minimum Gasteiger partial charge on any atom is -0.491 e. The second-order valence-corrected chi connectivity index (χ2v) is 5.16. The van der Waals surface area contributed by atoms with Gasteiger partial charge in [-0.2, -0.15) is 0 Å². The molecule has 0 aromatic heterocycles. The highest BCUT2D eigenvalue weighted by Gasteiger charge is 2.09. The van der Waals surface area contributed by atoms with Crippen molar-refractivity contribution in [3.63, 3.8) is 0 Å². The van der Waals surface area contributed by atoms with Crippen molar-refractivity contribution in [1.29, 1.82) is 0 Å². The first-order valence-electron chi connectivity index (χ1n) is 7.02. The van der Waals surface area contributed by atoms with E-state index in [4.69, 9.17) is 4.74 Å². The maximum atomic E-state index is 12.0. The van der Waals surface area contributed by atoms with Crippen LogP contribution in [0, 0.1) is 0 Å². The Hall–Kier alpha value is -1.51. The number of hydrogen-bond acceptors (Lipinski definition) is 2. The molecule has 0 N–H and O–H groups in total. The zero-order chi connectivity index (χ0) is 14.3. The quantitative estimate of drug-likeness (QED) is 0.755. The van der Waals surface area contributed by atoms with E-state index in [2.05, 4.69) is 6.92 Å². The molecule has 0 saturated carbocycles. The fourth-order valence-electron chi connectivity index (χ4n) is 1.79. The number of carbonyl (C=O) groups is 1. The number of likely N-dealkylation sites (N-methyl/N-ethyl adjacent to an activating group) is 1. The van der Waals surface area contributed by atoms with Gasteiger partial charge in [0, 0.05) is 13.6 Å². The summed E-state index contributed by atoms with van der Waals surface area (Å²) >= 11 is 0. The number of benzene rings is 1. The van der Waals surface area contributed by atoms with Gasteiger partial charge in [-0.15, -0.1) is 0 Å². The van der Waals surface area contributed by atoms with Crippen LogP contribution in [0.4, 0.5) is 0 Å². The summed E-state index contributed by atoms with van der Waals surface area (Å²) in [6, 6.07) is 7.77. The third kappa shape index (κ3) is 5.77. The van der Waals surface area contributed by atoms with E-state index in [1.807, 2.05) is 50.1 Å². The van der Waals surface area contributed by atoms with Crippen LogP contribution in [0.3, 0.4) is 0 Å². The van der Waals surface area contributed by atoms with Crippen molar-refractivity contribution in [2.24, 2.45) is 0 Å². The molecule has 0 radical (unpaired) electrons. The van der Waals surface area contributed by atoms with Gasteiger partial charge < -0.3 is 9.64 Å². The Morgan fingerprint density at radius 2 is 1.89 bits per heavy atom. The van der Waals surface area contributed by atoms with Crippen molar-refractivity contribution < 1.29 is 9.53 Å². The lowest BCUT2D eigenvalue weighted by molar-refractivity contribution is -0.129. The first kappa shape index (κ1) is 15.5. The number of rotatable bonds is 7. The summed E-state index contributed by atoms with van der Waals surface area (Å²) < 4.78 is 5.58. The topological polar surface area (TPSA) is 29.5 Å². The van der Waals surface area contributed by atoms with Crippen LogP contribution in [-0.2, 0) is 11.2 Å². The van der Waals surface area contributed by atoms with Crippen molar-refractivity contribution in [2.45, 2.75) is 46.1 Å². The first-order valence-corrected chi connectivity index (χ1v) is 7.02. The van der Waals surface area contributed by atoms with Gasteiger partial charge in [0.2, 0.25) is 5.91 Å². The Bertz CT molecular complexity index is 384. The zero-order valence-corrected chi connectivity index (χ0v) is 12.5. The Balaban J connectivity index is 2.50. The molecule has 0 saturated heterocycles. The van der Waals surface area contributed by atoms with Crippen molar-refractivity contribution in [1.82, 2.24) is 4.90 Å². The number of unbranched alkanes of at least 4 members (excludes halogenated alkanes) is 1. The van der Waals surface area contributed by atoms with Crippen LogP contribution in [0.25, 0.3) is 0 Å². The van der Waals surface area contributed by atoms with Gasteiger partial charge in [-0.3, -0.25) is 4.79 Å². The number of hydrogen-bond donors (Lipinski definition) is 0. The molecule has 0 bridgehead atoms. The van der Waals surface area contributed by atoms with E-state index in [9.17, 15) is 4.79 Å². The summed E-state index contributed by atoms with van der Waals surface area (Å²) in [5.74, 6) is 1.02. The molecular weight excluding hydrogens is 238 g/mol. The normalized spacial score (nSPS) is 10.6. The van der Waals surface area contributed by atoms with Gasteiger partial charge in [0.05, 0.1) is 12.5 Å². The highest BCUT2D eigenvalue weighted by Crippen LogP contribution is 2.14. The lowest BCUT2D eigenvalue weighted by Crippen LogP contribution is -2.29. The van der Waals surface area contributed by atoms with Crippen LogP contribution in [0.2, 0.25) is 0 Å². The van der Waals surface area contributed by atoms with Gasteiger partial charge >= 0.3 is 0 Å². The average molecular weight is 263 g/mol. The Morgan fingerprint density at radius 3 is 2.42 bits per heavy atom. The fourth-order valence-corrected chi connectivity index (χ4v) is 1.79. The van der Waals surface area contributed by atoms with E-state index < -0.39 is 0 Å². The van der Waals surface area contributed by atoms with E-state index in [1.165, 1.54) is 0 Å². The molecule has 3 nitrogen and oxygen atoms in total. The van der Waals surface area contributed by atoms with Crippen molar-refractivity contribution in [3.8, 4) is 5.75 Å². The van der Waals surface area contributed by atoms with Crippen LogP contribution in [0.15, 0.2) is 24.3 Å². The third-order valence-electron chi connectivity index (χ3n) is 2.92. The molecule has 0 fully saturated rings. The summed E-state index contributed by atoms with van der Waals surface area (Å²) in [5, 5.41) is 0. The molecule has 3 heteroatoms. The summed E-state index contributed by atoms with van der Waals surface area (Å²) in [5.41, 5.74) is 1.03. The molecule has 0 atom stereocenters. The molecule has 0 spiro atoms. The van der Waals surface area contributed by atoms with E-state index in [-0.39, 0.29) is 12.0 Å². The number of nitrogens with zero attached hydrogens (tertiary/aromatic N) is 1. The molecule has 0 heterocycles. The van der Waals surface area contributed by atoms with E-state index in [1.54, 1.807) is 0 Å². The second-order valence-electron chi connectivity index (χ2n) is 5.16. The smallest absolute Gasteiger partial charge is 0.226 e. The molecule has 1 amide bonds. The van der Waals surface area contributed by atoms with Crippen LogP contribution in [-0.4, -0.2) is 30.5 Å². The molecule has 0 aliphatic rings. The van der Waals surface area contributed by atoms with Crippen LogP contribution in [0.5, 0.6) is 5.75 Å². The summed E-state index contributed by atoms with van der Waals surface area (Å²) in [6.07, 6.45) is 2.80. The Morgan fingerprint density at radius 1 is 1.26 bits per heavy atom. The number of carbonyl (C=O) groups excluding carboxylic acids is 1. The molecule has 1 aromatic rings. The van der Waals surface area contributed by atoms with E-state index in [0.29, 0.717) is 6.42 Å². The zero-order valence-electron chi connectivity index (χ0n) is 12.5. The highest BCUT2D eigenvalue weighted by atomic mass is 16.5. The average Bonchev–Trinajstić information content (AvgIpc) is 2.37. The number of ether oxygens (including phenoxy) is 1. The SMILES string of the molecule is CCCCN(C)C(=O)Cc1ccc(OC(C)C)cc1. The van der Waals surface area contributed by atoms with Crippen LogP contribution in [0.1, 0.15) is 39.2 Å². The molecule has 0 unspecified atom stereocenters. The van der Waals surface area contributed by atoms with Crippen molar-refractivity contribution in [2.75, 3.05) is 13.6 Å². The second kappa shape index (κ2) is 7.82. The molecule has 1 rings (SSSR count). The first-order chi connectivity index (χ1) is 9.02. The Kier molecular flexibility index (Phi) is 6.40. The van der Waals surface area contributed by atoms with E-state index >= 15 is 0 Å². The monoisotopic (exact) mass is 263 g/mol. The predicted octanol–water partition coefficient (Wildman–Crippen LogP) is 3.27. The maximum absolute atomic E-state index is 12.0. The van der Waals surface area contributed by atoms with E-state index in [0.717, 1.165) is 30.7 Å². The largest absolute Gasteiger partial charge is 0.491 e. The third-order valence-corrected chi connectivity index (χ3v) is 2.92. The lowest BCUT2D eigenvalue weighted by Gasteiger charge is -2.17. The van der Waals surface area contributed by atoms with Crippen molar-refractivity contribution >= 4 is 5.91 Å². The molecule has 106 valence electrons. The van der Waals surface area contributed by atoms with Gasteiger partial charge in [-0.25, -0.2) is 0 Å². The standard InChI is InChI=1S/C16H25NO2/c1-5-6-11-17(4)16(18)12-14-7-9-15(10-8-14)19-13(2)3/h7-10,13H,5-6,11-12H2,1-4H3. The highest BCUT2D eigenvalue weighted by molar-refractivity contribution is 5.78. The fraction of sp³-hybridized carbons (Fsp3) is 0.562. The molecule has 19 heavy (non-hydrogen) atoms. The van der Waals surface area contributed by atoms with Gasteiger partial charge in [0.1, 0.15) is 5.75 Å². The predicted molar refractivity (Wildman–Crippen MR) is 78.5 cm³/mol. The molecule has 1 aromatic carbocycles. The Labute approximate surface area is 116 Å². The summed E-state index contributed by atoms with van der Waals surface area (Å²) in [7, 11) is 1.87. The number of amides is 1. The molecular formula is C16H25NO2. The lowest BCUT2D eigenvalue weighted by atomic mass is 10.1. The van der Waals surface area contributed by atoms with Crippen molar-refractivity contribution in [3.05, 3.63) is 29.8 Å². The summed E-state index contributed by atoms with van der Waals surface area (Å²) in [6.45, 7) is 6.97. The van der Waals surface area contributed by atoms with Gasteiger partial charge in [0.25, 0.3) is 0 Å². The molecule has 0 aliphatic heterocycles. The van der Waals surface area contributed by atoms with Gasteiger partial charge in [-0.05, 0) is 38.0 Å². The van der Waals surface area contributed by atoms with Gasteiger partial charge in [-0.1, -0.05) is 25.5 Å². The van der Waals surface area contributed by atoms with Crippen LogP contribution >= 0.6 is 0 Å². The minimum absolute atomic E-state index is 0.172. The molecule has 0 aliphatic carbocycles.